The standard InChI is InChI=1S/C20H23NO2/c1-3-18(23-19-11-7-4-8-15(19)2)20(22)21-13-12-16-9-5-6-10-17(16)14-21/h4-11,18H,3,12-14H2,1-2H3. The number of para-hydroxylation sites is 1. The molecule has 1 aliphatic heterocycles. The molecule has 3 nitrogen and oxygen atoms in total. The normalized spacial score (nSPS) is 15.0. The Morgan fingerprint density at radius 3 is 2.57 bits per heavy atom. The van der Waals surface area contributed by atoms with E-state index in [1.54, 1.807) is 0 Å². The average Bonchev–Trinajstić information content (AvgIpc) is 2.60. The molecule has 1 heterocycles. The van der Waals surface area contributed by atoms with E-state index in [2.05, 4.69) is 18.2 Å². The fourth-order valence-corrected chi connectivity index (χ4v) is 3.04. The summed E-state index contributed by atoms with van der Waals surface area (Å²) in [6.45, 7) is 5.45. The molecule has 0 spiro atoms. The average molecular weight is 309 g/mol. The van der Waals surface area contributed by atoms with Crippen LogP contribution in [0.4, 0.5) is 0 Å². The molecular formula is C20H23NO2. The molecule has 1 amide bonds. The van der Waals surface area contributed by atoms with E-state index in [1.165, 1.54) is 11.1 Å². The van der Waals surface area contributed by atoms with E-state index >= 15 is 0 Å². The highest BCUT2D eigenvalue weighted by Gasteiger charge is 2.27. The summed E-state index contributed by atoms with van der Waals surface area (Å²) < 4.78 is 6.01. The van der Waals surface area contributed by atoms with E-state index in [9.17, 15) is 4.79 Å². The number of fused-ring (bicyclic) bond motifs is 1. The molecule has 3 rings (SSSR count). The van der Waals surface area contributed by atoms with Crippen molar-refractivity contribution in [2.24, 2.45) is 0 Å². The first-order valence-corrected chi connectivity index (χ1v) is 8.27. The summed E-state index contributed by atoms with van der Waals surface area (Å²) in [6.07, 6.45) is 1.18. The number of carbonyl (C=O) groups excluding carboxylic acids is 1. The lowest BCUT2D eigenvalue weighted by molar-refractivity contribution is -0.139. The van der Waals surface area contributed by atoms with Gasteiger partial charge in [0.15, 0.2) is 6.10 Å². The second-order valence-corrected chi connectivity index (χ2v) is 6.06. The summed E-state index contributed by atoms with van der Waals surface area (Å²) in [6, 6.07) is 16.2. The maximum atomic E-state index is 12.9. The zero-order valence-corrected chi connectivity index (χ0v) is 13.8. The number of hydrogen-bond donors (Lipinski definition) is 0. The zero-order valence-electron chi connectivity index (χ0n) is 13.8. The number of nitrogens with zero attached hydrogens (tertiary/aromatic N) is 1. The largest absolute Gasteiger partial charge is 0.480 e. The highest BCUT2D eigenvalue weighted by molar-refractivity contribution is 5.81. The Kier molecular flexibility index (Phi) is 4.65. The Labute approximate surface area is 137 Å². The monoisotopic (exact) mass is 309 g/mol. The number of benzene rings is 2. The third-order valence-electron chi connectivity index (χ3n) is 4.45. The molecule has 0 bridgehead atoms. The minimum Gasteiger partial charge on any atom is -0.480 e. The Morgan fingerprint density at radius 1 is 1.13 bits per heavy atom. The molecule has 120 valence electrons. The molecule has 0 saturated carbocycles. The Bertz CT molecular complexity index is 696. The predicted octanol–water partition coefficient (Wildman–Crippen LogP) is 3.74. The van der Waals surface area contributed by atoms with Gasteiger partial charge >= 0.3 is 0 Å². The topological polar surface area (TPSA) is 29.5 Å². The van der Waals surface area contributed by atoms with E-state index in [-0.39, 0.29) is 5.91 Å². The molecule has 0 N–H and O–H groups in total. The second-order valence-electron chi connectivity index (χ2n) is 6.06. The van der Waals surface area contributed by atoms with Crippen LogP contribution in [0.15, 0.2) is 48.5 Å². The molecule has 23 heavy (non-hydrogen) atoms. The molecule has 2 aromatic rings. The minimum absolute atomic E-state index is 0.0882. The number of hydrogen-bond acceptors (Lipinski definition) is 2. The highest BCUT2D eigenvalue weighted by Crippen LogP contribution is 2.23. The molecule has 0 aliphatic carbocycles. The van der Waals surface area contributed by atoms with E-state index in [0.29, 0.717) is 13.0 Å². The predicted molar refractivity (Wildman–Crippen MR) is 91.4 cm³/mol. The SMILES string of the molecule is CCC(Oc1ccccc1C)C(=O)N1CCc2ccccc2C1. The van der Waals surface area contributed by atoms with Crippen LogP contribution in [-0.2, 0) is 17.8 Å². The Balaban J connectivity index is 1.72. The summed E-state index contributed by atoms with van der Waals surface area (Å²) >= 11 is 0. The van der Waals surface area contributed by atoms with Crippen LogP contribution >= 0.6 is 0 Å². The van der Waals surface area contributed by atoms with Crippen molar-refractivity contribution in [3.63, 3.8) is 0 Å². The number of carbonyl (C=O) groups is 1. The van der Waals surface area contributed by atoms with Crippen molar-refractivity contribution < 1.29 is 9.53 Å². The summed E-state index contributed by atoms with van der Waals surface area (Å²) in [5.74, 6) is 0.885. The number of rotatable bonds is 4. The van der Waals surface area contributed by atoms with Crippen LogP contribution in [0.3, 0.4) is 0 Å². The van der Waals surface area contributed by atoms with Gasteiger partial charge in [-0.3, -0.25) is 4.79 Å². The van der Waals surface area contributed by atoms with Gasteiger partial charge in [-0.25, -0.2) is 0 Å². The Morgan fingerprint density at radius 2 is 1.83 bits per heavy atom. The summed E-state index contributed by atoms with van der Waals surface area (Å²) in [5.41, 5.74) is 3.66. The highest BCUT2D eigenvalue weighted by atomic mass is 16.5. The molecule has 0 fully saturated rings. The molecular weight excluding hydrogens is 286 g/mol. The number of amides is 1. The van der Waals surface area contributed by atoms with Gasteiger partial charge in [-0.2, -0.15) is 0 Å². The Hall–Kier alpha value is -2.29. The molecule has 1 atom stereocenters. The van der Waals surface area contributed by atoms with Crippen molar-refractivity contribution in [1.82, 2.24) is 4.90 Å². The molecule has 1 aliphatic rings. The minimum atomic E-state index is -0.415. The quantitative estimate of drug-likeness (QED) is 0.861. The van der Waals surface area contributed by atoms with Gasteiger partial charge in [-0.05, 0) is 42.5 Å². The second kappa shape index (κ2) is 6.86. The van der Waals surface area contributed by atoms with E-state index in [0.717, 1.165) is 24.3 Å². The van der Waals surface area contributed by atoms with E-state index < -0.39 is 6.10 Å². The van der Waals surface area contributed by atoms with Crippen LogP contribution in [0.1, 0.15) is 30.0 Å². The zero-order chi connectivity index (χ0) is 16.2. The smallest absolute Gasteiger partial charge is 0.263 e. The van der Waals surface area contributed by atoms with Crippen LogP contribution < -0.4 is 4.74 Å². The van der Waals surface area contributed by atoms with Crippen LogP contribution in [0.5, 0.6) is 5.75 Å². The first kappa shape index (κ1) is 15.6. The van der Waals surface area contributed by atoms with Crippen LogP contribution in [0, 0.1) is 6.92 Å². The summed E-state index contributed by atoms with van der Waals surface area (Å²) in [5, 5.41) is 0. The van der Waals surface area contributed by atoms with Crippen molar-refractivity contribution in [3.05, 3.63) is 65.2 Å². The van der Waals surface area contributed by atoms with Crippen LogP contribution in [-0.4, -0.2) is 23.5 Å². The van der Waals surface area contributed by atoms with E-state index in [1.807, 2.05) is 49.1 Å². The van der Waals surface area contributed by atoms with Gasteiger partial charge in [0.05, 0.1) is 0 Å². The summed E-state index contributed by atoms with van der Waals surface area (Å²) in [4.78, 5) is 14.8. The molecule has 0 aromatic heterocycles. The molecule has 1 unspecified atom stereocenters. The van der Waals surface area contributed by atoms with Crippen molar-refractivity contribution in [3.8, 4) is 5.75 Å². The van der Waals surface area contributed by atoms with Gasteiger partial charge in [-0.15, -0.1) is 0 Å². The van der Waals surface area contributed by atoms with E-state index in [4.69, 9.17) is 4.74 Å². The fourth-order valence-electron chi connectivity index (χ4n) is 3.04. The number of ether oxygens (including phenoxy) is 1. The number of aryl methyl sites for hydroxylation is 1. The summed E-state index contributed by atoms with van der Waals surface area (Å²) in [7, 11) is 0. The van der Waals surface area contributed by atoms with Crippen LogP contribution in [0.2, 0.25) is 0 Å². The maximum Gasteiger partial charge on any atom is 0.263 e. The van der Waals surface area contributed by atoms with Gasteiger partial charge in [0.25, 0.3) is 5.91 Å². The van der Waals surface area contributed by atoms with Crippen molar-refractivity contribution >= 4 is 5.91 Å². The third-order valence-corrected chi connectivity index (χ3v) is 4.45. The van der Waals surface area contributed by atoms with Gasteiger partial charge in [-0.1, -0.05) is 49.4 Å². The lowest BCUT2D eigenvalue weighted by Crippen LogP contribution is -2.44. The van der Waals surface area contributed by atoms with Gasteiger partial charge in [0, 0.05) is 13.1 Å². The lowest BCUT2D eigenvalue weighted by atomic mass is 9.99. The maximum absolute atomic E-state index is 12.9. The molecule has 2 aromatic carbocycles. The lowest BCUT2D eigenvalue weighted by Gasteiger charge is -2.31. The van der Waals surface area contributed by atoms with Crippen molar-refractivity contribution in [2.75, 3.05) is 6.54 Å². The van der Waals surface area contributed by atoms with Crippen molar-refractivity contribution in [1.29, 1.82) is 0 Å². The first-order chi connectivity index (χ1) is 11.2. The van der Waals surface area contributed by atoms with Gasteiger partial charge in [0.1, 0.15) is 5.75 Å². The van der Waals surface area contributed by atoms with Gasteiger partial charge < -0.3 is 9.64 Å². The fraction of sp³-hybridized carbons (Fsp3) is 0.350. The van der Waals surface area contributed by atoms with Crippen LogP contribution in [0.25, 0.3) is 0 Å². The molecule has 0 radical (unpaired) electrons. The molecule has 3 heteroatoms. The van der Waals surface area contributed by atoms with Crippen molar-refractivity contribution in [2.45, 2.75) is 39.3 Å². The third kappa shape index (κ3) is 3.39. The van der Waals surface area contributed by atoms with Gasteiger partial charge in [0.2, 0.25) is 0 Å². The molecule has 0 saturated heterocycles. The first-order valence-electron chi connectivity index (χ1n) is 8.27.